The van der Waals surface area contributed by atoms with E-state index in [1.807, 2.05) is 0 Å². The first-order valence-corrected chi connectivity index (χ1v) is 7.39. The van der Waals surface area contributed by atoms with Crippen LogP contribution in [0.3, 0.4) is 0 Å². The molecule has 7 nitrogen and oxygen atoms in total. The molecule has 2 rings (SSSR count). The van der Waals surface area contributed by atoms with Gasteiger partial charge in [-0.25, -0.2) is 4.39 Å². The highest BCUT2D eigenvalue weighted by Gasteiger charge is 2.20. The van der Waals surface area contributed by atoms with E-state index in [4.69, 9.17) is 9.47 Å². The smallest absolute Gasteiger partial charge is 0.311 e. The minimum Gasteiger partial charge on any atom is -0.490 e. The average molecular weight is 348 g/mol. The molecule has 0 aliphatic rings. The molecule has 2 aromatic carbocycles. The topological polar surface area (TPSA) is 81.9 Å². The summed E-state index contributed by atoms with van der Waals surface area (Å²) in [5, 5.41) is 11.0. The number of likely N-dealkylation sites (N-methyl/N-ethyl adjacent to an activating group) is 1. The first-order chi connectivity index (χ1) is 11.9. The number of ether oxygens (including phenoxy) is 2. The van der Waals surface area contributed by atoms with Crippen molar-refractivity contribution in [2.24, 2.45) is 0 Å². The van der Waals surface area contributed by atoms with Crippen LogP contribution in [0.15, 0.2) is 42.5 Å². The fourth-order valence-electron chi connectivity index (χ4n) is 2.14. The van der Waals surface area contributed by atoms with Gasteiger partial charge in [0.25, 0.3) is 5.91 Å². The van der Waals surface area contributed by atoms with Crippen LogP contribution in [0.5, 0.6) is 11.5 Å². The second-order valence-electron chi connectivity index (χ2n) is 5.15. The van der Waals surface area contributed by atoms with Gasteiger partial charge in [-0.1, -0.05) is 12.1 Å². The quantitative estimate of drug-likeness (QED) is 0.568. The van der Waals surface area contributed by atoms with E-state index in [2.05, 4.69) is 0 Å². The van der Waals surface area contributed by atoms with Crippen molar-refractivity contribution in [2.75, 3.05) is 27.3 Å². The Hall–Kier alpha value is -3.16. The number of benzene rings is 2. The molecule has 0 aromatic heterocycles. The number of para-hydroxylation sites is 1. The molecular formula is C17H17FN2O5. The monoisotopic (exact) mass is 348 g/mol. The molecule has 0 heterocycles. The highest BCUT2D eigenvalue weighted by molar-refractivity contribution is 5.95. The zero-order valence-electron chi connectivity index (χ0n) is 13.8. The number of nitrogens with zero attached hydrogens (tertiary/aromatic N) is 2. The van der Waals surface area contributed by atoms with E-state index in [1.165, 1.54) is 43.3 Å². The van der Waals surface area contributed by atoms with E-state index < -0.39 is 16.6 Å². The Morgan fingerprint density at radius 1 is 1.24 bits per heavy atom. The maximum atomic E-state index is 13.4. The maximum absolute atomic E-state index is 13.4. The lowest BCUT2D eigenvalue weighted by atomic mass is 10.1. The third-order valence-electron chi connectivity index (χ3n) is 3.49. The molecular weight excluding hydrogens is 331 g/mol. The van der Waals surface area contributed by atoms with E-state index in [0.29, 0.717) is 0 Å². The Labute approximate surface area is 143 Å². The number of carbonyl (C=O) groups excluding carboxylic acids is 1. The number of nitro groups is 1. The van der Waals surface area contributed by atoms with Gasteiger partial charge in [0, 0.05) is 18.7 Å². The predicted molar refractivity (Wildman–Crippen MR) is 88.5 cm³/mol. The number of methoxy groups -OCH3 is 1. The number of carbonyl (C=O) groups is 1. The number of hydrogen-bond donors (Lipinski definition) is 0. The van der Waals surface area contributed by atoms with Gasteiger partial charge in [-0.2, -0.15) is 0 Å². The summed E-state index contributed by atoms with van der Waals surface area (Å²) in [6.07, 6.45) is 0. The van der Waals surface area contributed by atoms with Crippen molar-refractivity contribution < 1.29 is 23.6 Å². The van der Waals surface area contributed by atoms with Gasteiger partial charge in [-0.15, -0.1) is 0 Å². The number of rotatable bonds is 7. The molecule has 0 saturated carbocycles. The van der Waals surface area contributed by atoms with Crippen molar-refractivity contribution in [3.05, 3.63) is 64.0 Å². The Morgan fingerprint density at radius 2 is 1.96 bits per heavy atom. The fraction of sp³-hybridized carbons (Fsp3) is 0.235. The summed E-state index contributed by atoms with van der Waals surface area (Å²) in [7, 11) is 2.85. The summed E-state index contributed by atoms with van der Waals surface area (Å²) in [6, 6.07) is 9.94. The van der Waals surface area contributed by atoms with E-state index in [1.54, 1.807) is 12.1 Å². The molecule has 8 heteroatoms. The van der Waals surface area contributed by atoms with Crippen LogP contribution in [0.2, 0.25) is 0 Å². The van der Waals surface area contributed by atoms with Crippen molar-refractivity contribution in [3.8, 4) is 11.5 Å². The first kappa shape index (κ1) is 18.2. The molecule has 0 bridgehead atoms. The second-order valence-corrected chi connectivity index (χ2v) is 5.15. The lowest BCUT2D eigenvalue weighted by molar-refractivity contribution is -0.385. The molecule has 0 fully saturated rings. The van der Waals surface area contributed by atoms with Gasteiger partial charge in [0.05, 0.1) is 18.6 Å². The molecule has 0 aliphatic heterocycles. The molecule has 0 N–H and O–H groups in total. The lowest BCUT2D eigenvalue weighted by Crippen LogP contribution is -2.31. The highest BCUT2D eigenvalue weighted by Crippen LogP contribution is 2.27. The lowest BCUT2D eigenvalue weighted by Gasteiger charge is -2.18. The number of amides is 1. The zero-order chi connectivity index (χ0) is 18.4. The minimum absolute atomic E-state index is 0.0760. The van der Waals surface area contributed by atoms with Gasteiger partial charge in [0.15, 0.2) is 17.3 Å². The summed E-state index contributed by atoms with van der Waals surface area (Å²) < 4.78 is 23.6. The van der Waals surface area contributed by atoms with Crippen LogP contribution in [-0.4, -0.2) is 43.0 Å². The van der Waals surface area contributed by atoms with Crippen LogP contribution >= 0.6 is 0 Å². The van der Waals surface area contributed by atoms with Crippen LogP contribution in [0.25, 0.3) is 0 Å². The largest absolute Gasteiger partial charge is 0.490 e. The Bertz CT molecular complexity index is 781. The summed E-state index contributed by atoms with van der Waals surface area (Å²) in [6.45, 7) is 0.272. The molecule has 25 heavy (non-hydrogen) atoms. The Morgan fingerprint density at radius 3 is 2.60 bits per heavy atom. The van der Waals surface area contributed by atoms with Crippen LogP contribution in [0.1, 0.15) is 10.4 Å². The molecule has 0 spiro atoms. The van der Waals surface area contributed by atoms with Crippen LogP contribution < -0.4 is 9.47 Å². The predicted octanol–water partition coefficient (Wildman–Crippen LogP) is 2.89. The van der Waals surface area contributed by atoms with Crippen molar-refractivity contribution in [1.82, 2.24) is 4.90 Å². The van der Waals surface area contributed by atoms with E-state index in [9.17, 15) is 19.3 Å². The number of nitro benzene ring substituents is 1. The number of hydrogen-bond acceptors (Lipinski definition) is 5. The van der Waals surface area contributed by atoms with E-state index in [-0.39, 0.29) is 35.9 Å². The van der Waals surface area contributed by atoms with Crippen LogP contribution in [-0.2, 0) is 0 Å². The zero-order valence-corrected chi connectivity index (χ0v) is 13.8. The van der Waals surface area contributed by atoms with Gasteiger partial charge in [0.2, 0.25) is 0 Å². The van der Waals surface area contributed by atoms with Crippen molar-refractivity contribution in [3.63, 3.8) is 0 Å². The van der Waals surface area contributed by atoms with Gasteiger partial charge >= 0.3 is 5.69 Å². The Kier molecular flexibility index (Phi) is 5.89. The van der Waals surface area contributed by atoms with Crippen molar-refractivity contribution in [1.29, 1.82) is 0 Å². The molecule has 0 unspecified atom stereocenters. The van der Waals surface area contributed by atoms with Crippen LogP contribution in [0, 0.1) is 15.9 Å². The van der Waals surface area contributed by atoms with Gasteiger partial charge in [0.1, 0.15) is 6.61 Å². The van der Waals surface area contributed by atoms with E-state index >= 15 is 0 Å². The molecule has 132 valence electrons. The molecule has 0 radical (unpaired) electrons. The summed E-state index contributed by atoms with van der Waals surface area (Å²) in [5.74, 6) is -0.722. The third-order valence-corrected chi connectivity index (χ3v) is 3.49. The summed E-state index contributed by atoms with van der Waals surface area (Å²) in [4.78, 5) is 24.1. The standard InChI is InChI=1S/C17H17FN2O5/c1-19(9-10-25-15-6-4-3-5-13(15)18)17(21)12-7-8-16(24-2)14(11-12)20(22)23/h3-8,11H,9-10H2,1-2H3. The van der Waals surface area contributed by atoms with Crippen molar-refractivity contribution in [2.45, 2.75) is 0 Å². The molecule has 1 amide bonds. The van der Waals surface area contributed by atoms with Crippen LogP contribution in [0.4, 0.5) is 10.1 Å². The van der Waals surface area contributed by atoms with Gasteiger partial charge < -0.3 is 14.4 Å². The SMILES string of the molecule is COc1ccc(C(=O)N(C)CCOc2ccccc2F)cc1[N+](=O)[O-]. The minimum atomic E-state index is -0.614. The van der Waals surface area contributed by atoms with Gasteiger partial charge in [-0.05, 0) is 24.3 Å². The van der Waals surface area contributed by atoms with Gasteiger partial charge in [-0.3, -0.25) is 14.9 Å². The van der Waals surface area contributed by atoms with E-state index in [0.717, 1.165) is 6.07 Å². The highest BCUT2D eigenvalue weighted by atomic mass is 19.1. The molecule has 0 atom stereocenters. The first-order valence-electron chi connectivity index (χ1n) is 7.39. The fourth-order valence-corrected chi connectivity index (χ4v) is 2.14. The normalized spacial score (nSPS) is 10.2. The molecule has 0 aliphatic carbocycles. The average Bonchev–Trinajstić information content (AvgIpc) is 2.61. The second kappa shape index (κ2) is 8.09. The summed E-state index contributed by atoms with van der Waals surface area (Å²) in [5.41, 5.74) is -0.134. The summed E-state index contributed by atoms with van der Waals surface area (Å²) >= 11 is 0. The Balaban J connectivity index is 2.01. The molecule has 2 aromatic rings. The maximum Gasteiger partial charge on any atom is 0.311 e. The van der Waals surface area contributed by atoms with Crippen molar-refractivity contribution >= 4 is 11.6 Å². The number of halogens is 1. The third kappa shape index (κ3) is 4.43. The molecule has 0 saturated heterocycles.